The molecular formula is C14H28N2O4. The first-order valence-corrected chi connectivity index (χ1v) is 7.17. The average Bonchev–Trinajstić information content (AvgIpc) is 2.61. The first-order chi connectivity index (χ1) is 9.18. The Balaban J connectivity index is 1.97. The third kappa shape index (κ3) is 7.67. The molecule has 1 aliphatic rings. The molecule has 1 saturated heterocycles. The van der Waals surface area contributed by atoms with Gasteiger partial charge in [-0.2, -0.15) is 0 Å². The SMILES string of the molecule is CC(C)(C)OC(=O)NCCCNCC1COC(C)(C)O1. The zero-order valence-electron chi connectivity index (χ0n) is 13.2. The first-order valence-electron chi connectivity index (χ1n) is 7.17. The Hall–Kier alpha value is -0.850. The summed E-state index contributed by atoms with van der Waals surface area (Å²) >= 11 is 0. The Morgan fingerprint density at radius 3 is 2.60 bits per heavy atom. The van der Waals surface area contributed by atoms with Gasteiger partial charge in [0, 0.05) is 13.1 Å². The molecule has 0 bridgehead atoms. The molecule has 118 valence electrons. The van der Waals surface area contributed by atoms with Crippen molar-refractivity contribution in [2.45, 2.75) is 58.5 Å². The van der Waals surface area contributed by atoms with E-state index >= 15 is 0 Å². The highest BCUT2D eigenvalue weighted by atomic mass is 16.7. The molecule has 1 aliphatic heterocycles. The van der Waals surface area contributed by atoms with Crippen LogP contribution in [-0.4, -0.2) is 49.8 Å². The molecule has 0 spiro atoms. The van der Waals surface area contributed by atoms with Crippen molar-refractivity contribution in [3.05, 3.63) is 0 Å². The topological polar surface area (TPSA) is 68.8 Å². The van der Waals surface area contributed by atoms with Gasteiger partial charge >= 0.3 is 6.09 Å². The Morgan fingerprint density at radius 2 is 2.05 bits per heavy atom. The van der Waals surface area contributed by atoms with E-state index in [1.165, 1.54) is 0 Å². The standard InChI is InChI=1S/C14H28N2O4/c1-13(2,3)20-12(17)16-8-6-7-15-9-11-10-18-14(4,5)19-11/h11,15H,6-10H2,1-5H3,(H,16,17). The van der Waals surface area contributed by atoms with Gasteiger partial charge < -0.3 is 24.8 Å². The Kier molecular flexibility index (Phi) is 6.23. The lowest BCUT2D eigenvalue weighted by molar-refractivity contribution is -0.137. The summed E-state index contributed by atoms with van der Waals surface area (Å²) in [6.45, 7) is 12.2. The fraction of sp³-hybridized carbons (Fsp3) is 0.929. The Labute approximate surface area is 121 Å². The minimum Gasteiger partial charge on any atom is -0.444 e. The number of amides is 1. The highest BCUT2D eigenvalue weighted by Gasteiger charge is 2.32. The van der Waals surface area contributed by atoms with Crippen LogP contribution in [0.25, 0.3) is 0 Å². The van der Waals surface area contributed by atoms with Gasteiger partial charge in [0.1, 0.15) is 5.60 Å². The molecule has 1 rings (SSSR count). The van der Waals surface area contributed by atoms with Gasteiger partial charge in [-0.15, -0.1) is 0 Å². The monoisotopic (exact) mass is 288 g/mol. The van der Waals surface area contributed by atoms with Crippen LogP contribution in [-0.2, 0) is 14.2 Å². The van der Waals surface area contributed by atoms with E-state index < -0.39 is 11.4 Å². The zero-order chi connectivity index (χ0) is 15.2. The normalized spacial score (nSPS) is 21.8. The summed E-state index contributed by atoms with van der Waals surface area (Å²) in [6, 6.07) is 0. The third-order valence-corrected chi connectivity index (χ3v) is 2.64. The predicted octanol–water partition coefficient (Wildman–Crippen LogP) is 1.64. The van der Waals surface area contributed by atoms with Crippen LogP contribution in [0.1, 0.15) is 41.0 Å². The average molecular weight is 288 g/mol. The molecule has 1 amide bonds. The molecule has 6 heteroatoms. The van der Waals surface area contributed by atoms with Gasteiger partial charge in [0.05, 0.1) is 12.7 Å². The van der Waals surface area contributed by atoms with Crippen LogP contribution < -0.4 is 10.6 Å². The van der Waals surface area contributed by atoms with Crippen LogP contribution >= 0.6 is 0 Å². The van der Waals surface area contributed by atoms with E-state index in [0.29, 0.717) is 13.2 Å². The molecule has 6 nitrogen and oxygen atoms in total. The first kappa shape index (κ1) is 17.2. The summed E-state index contributed by atoms with van der Waals surface area (Å²) in [5, 5.41) is 6.01. The molecule has 1 heterocycles. The van der Waals surface area contributed by atoms with Crippen molar-refractivity contribution in [1.82, 2.24) is 10.6 Å². The summed E-state index contributed by atoms with van der Waals surface area (Å²) in [5.41, 5.74) is -0.449. The maximum atomic E-state index is 11.4. The molecule has 0 aromatic heterocycles. The van der Waals surface area contributed by atoms with Gasteiger partial charge in [-0.3, -0.25) is 0 Å². The number of ether oxygens (including phenoxy) is 3. The molecule has 0 aliphatic carbocycles. The smallest absolute Gasteiger partial charge is 0.407 e. The van der Waals surface area contributed by atoms with Crippen molar-refractivity contribution in [1.29, 1.82) is 0 Å². The summed E-state index contributed by atoms with van der Waals surface area (Å²) in [6.07, 6.45) is 0.575. The second-order valence-electron chi connectivity index (χ2n) is 6.44. The summed E-state index contributed by atoms with van der Waals surface area (Å²) in [4.78, 5) is 11.4. The van der Waals surface area contributed by atoms with E-state index in [4.69, 9.17) is 14.2 Å². The number of carbonyl (C=O) groups excluding carboxylic acids is 1. The molecular weight excluding hydrogens is 260 g/mol. The lowest BCUT2D eigenvalue weighted by Crippen LogP contribution is -2.35. The van der Waals surface area contributed by atoms with Crippen LogP contribution in [0.4, 0.5) is 4.79 Å². The van der Waals surface area contributed by atoms with E-state index in [-0.39, 0.29) is 12.2 Å². The molecule has 1 unspecified atom stereocenters. The maximum Gasteiger partial charge on any atom is 0.407 e. The van der Waals surface area contributed by atoms with Crippen LogP contribution in [0.15, 0.2) is 0 Å². The zero-order valence-corrected chi connectivity index (χ0v) is 13.2. The number of hydrogen-bond donors (Lipinski definition) is 2. The van der Waals surface area contributed by atoms with E-state index in [2.05, 4.69) is 10.6 Å². The maximum absolute atomic E-state index is 11.4. The van der Waals surface area contributed by atoms with E-state index in [0.717, 1.165) is 19.5 Å². The van der Waals surface area contributed by atoms with Gasteiger partial charge in [0.25, 0.3) is 0 Å². The van der Waals surface area contributed by atoms with Crippen molar-refractivity contribution in [2.24, 2.45) is 0 Å². The Morgan fingerprint density at radius 1 is 1.35 bits per heavy atom. The molecule has 0 radical (unpaired) electrons. The lowest BCUT2D eigenvalue weighted by Gasteiger charge is -2.19. The molecule has 0 aromatic carbocycles. The molecule has 1 atom stereocenters. The molecule has 0 aromatic rings. The van der Waals surface area contributed by atoms with E-state index in [1.54, 1.807) is 0 Å². The van der Waals surface area contributed by atoms with Crippen LogP contribution in [0.2, 0.25) is 0 Å². The third-order valence-electron chi connectivity index (χ3n) is 2.64. The minimum absolute atomic E-state index is 0.101. The fourth-order valence-corrected chi connectivity index (χ4v) is 1.84. The van der Waals surface area contributed by atoms with Gasteiger partial charge in [0.15, 0.2) is 5.79 Å². The molecule has 2 N–H and O–H groups in total. The summed E-state index contributed by atoms with van der Waals surface area (Å²) in [5.74, 6) is -0.468. The van der Waals surface area contributed by atoms with Gasteiger partial charge in [-0.1, -0.05) is 0 Å². The lowest BCUT2D eigenvalue weighted by atomic mass is 10.2. The summed E-state index contributed by atoms with van der Waals surface area (Å²) in [7, 11) is 0. The number of nitrogens with one attached hydrogen (secondary N) is 2. The van der Waals surface area contributed by atoms with Crippen molar-refractivity contribution >= 4 is 6.09 Å². The highest BCUT2D eigenvalue weighted by Crippen LogP contribution is 2.21. The number of hydrogen-bond acceptors (Lipinski definition) is 5. The number of carbonyl (C=O) groups is 1. The van der Waals surface area contributed by atoms with E-state index in [9.17, 15) is 4.79 Å². The van der Waals surface area contributed by atoms with Crippen molar-refractivity contribution in [2.75, 3.05) is 26.2 Å². The summed E-state index contributed by atoms with van der Waals surface area (Å²) < 4.78 is 16.3. The van der Waals surface area contributed by atoms with Gasteiger partial charge in [-0.05, 0) is 47.6 Å². The number of alkyl carbamates (subject to hydrolysis) is 1. The van der Waals surface area contributed by atoms with E-state index in [1.807, 2.05) is 34.6 Å². The largest absolute Gasteiger partial charge is 0.444 e. The second-order valence-corrected chi connectivity index (χ2v) is 6.44. The fourth-order valence-electron chi connectivity index (χ4n) is 1.84. The molecule has 20 heavy (non-hydrogen) atoms. The number of rotatable bonds is 6. The highest BCUT2D eigenvalue weighted by molar-refractivity contribution is 5.67. The van der Waals surface area contributed by atoms with Crippen LogP contribution in [0, 0.1) is 0 Å². The van der Waals surface area contributed by atoms with Crippen molar-refractivity contribution < 1.29 is 19.0 Å². The van der Waals surface area contributed by atoms with Gasteiger partial charge in [0.2, 0.25) is 0 Å². The van der Waals surface area contributed by atoms with Crippen LogP contribution in [0.5, 0.6) is 0 Å². The second kappa shape index (κ2) is 7.24. The minimum atomic E-state index is -0.468. The molecule has 1 fully saturated rings. The van der Waals surface area contributed by atoms with Crippen LogP contribution in [0.3, 0.4) is 0 Å². The quantitative estimate of drug-likeness (QED) is 0.727. The van der Waals surface area contributed by atoms with Gasteiger partial charge in [-0.25, -0.2) is 4.79 Å². The van der Waals surface area contributed by atoms with Crippen molar-refractivity contribution in [3.8, 4) is 0 Å². The molecule has 0 saturated carbocycles. The predicted molar refractivity (Wildman–Crippen MR) is 76.6 cm³/mol. The Bertz CT molecular complexity index is 313. The van der Waals surface area contributed by atoms with Crippen molar-refractivity contribution in [3.63, 3.8) is 0 Å².